The Hall–Kier alpha value is -2.62. The van der Waals surface area contributed by atoms with E-state index in [-0.39, 0.29) is 5.57 Å². The van der Waals surface area contributed by atoms with Gasteiger partial charge in [0, 0.05) is 18.1 Å². The fraction of sp³-hybridized carbons (Fsp3) is 0.238. The normalized spacial score (nSPS) is 12.1. The number of alkyl halides is 2. The standard InChI is InChI=1S/C21H20F2O2/c1-14-4-5-18(11-16-6-8-17(13-24)9-7-16)12-19(14)20(10-15(2)25)21(3,22)23/h4-10,12-13H,11H2,1-3H3/b20-10+. The molecule has 4 heteroatoms. The number of allylic oxidation sites excluding steroid dienone is 2. The van der Waals surface area contributed by atoms with Crippen molar-refractivity contribution in [2.75, 3.05) is 0 Å². The Kier molecular flexibility index (Phi) is 5.62. The third-order valence-corrected chi connectivity index (χ3v) is 3.94. The van der Waals surface area contributed by atoms with E-state index in [0.717, 1.165) is 30.4 Å². The van der Waals surface area contributed by atoms with Crippen LogP contribution >= 0.6 is 0 Å². The molecule has 25 heavy (non-hydrogen) atoms. The van der Waals surface area contributed by atoms with E-state index < -0.39 is 11.7 Å². The summed E-state index contributed by atoms with van der Waals surface area (Å²) in [6.45, 7) is 3.81. The van der Waals surface area contributed by atoms with Crippen LogP contribution in [0.2, 0.25) is 0 Å². The van der Waals surface area contributed by atoms with Crippen LogP contribution in [0.25, 0.3) is 5.57 Å². The Bertz CT molecular complexity index is 813. The minimum Gasteiger partial charge on any atom is -0.298 e. The second-order valence-corrected chi connectivity index (χ2v) is 6.24. The number of halogens is 2. The molecule has 0 saturated carbocycles. The zero-order chi connectivity index (χ0) is 18.6. The predicted molar refractivity (Wildman–Crippen MR) is 95.1 cm³/mol. The lowest BCUT2D eigenvalue weighted by molar-refractivity contribution is -0.112. The van der Waals surface area contributed by atoms with Gasteiger partial charge in [0.1, 0.15) is 6.29 Å². The average Bonchev–Trinajstić information content (AvgIpc) is 2.54. The number of carbonyl (C=O) groups excluding carboxylic acids is 2. The summed E-state index contributed by atoms with van der Waals surface area (Å²) < 4.78 is 28.0. The molecule has 0 saturated heterocycles. The van der Waals surface area contributed by atoms with Crippen LogP contribution in [0, 0.1) is 6.92 Å². The Morgan fingerprint density at radius 2 is 1.68 bits per heavy atom. The minimum absolute atomic E-state index is 0.268. The van der Waals surface area contributed by atoms with Crippen molar-refractivity contribution in [2.45, 2.75) is 33.1 Å². The van der Waals surface area contributed by atoms with Gasteiger partial charge in [-0.15, -0.1) is 0 Å². The van der Waals surface area contributed by atoms with Crippen LogP contribution in [0.4, 0.5) is 8.78 Å². The van der Waals surface area contributed by atoms with E-state index in [1.54, 1.807) is 31.2 Å². The molecule has 0 N–H and O–H groups in total. The molecule has 0 aliphatic carbocycles. The smallest absolute Gasteiger partial charge is 0.271 e. The van der Waals surface area contributed by atoms with Gasteiger partial charge in [-0.05, 0) is 48.6 Å². The van der Waals surface area contributed by atoms with Crippen molar-refractivity contribution >= 4 is 17.6 Å². The van der Waals surface area contributed by atoms with Crippen LogP contribution in [0.3, 0.4) is 0 Å². The van der Waals surface area contributed by atoms with Gasteiger partial charge in [0.25, 0.3) is 5.92 Å². The summed E-state index contributed by atoms with van der Waals surface area (Å²) in [4.78, 5) is 22.1. The Balaban J connectivity index is 2.41. The number of benzene rings is 2. The fourth-order valence-electron chi connectivity index (χ4n) is 2.66. The molecule has 2 rings (SSSR count). The number of aryl methyl sites for hydroxylation is 1. The molecule has 0 spiro atoms. The molecule has 2 aromatic rings. The molecule has 0 radical (unpaired) electrons. The minimum atomic E-state index is -3.11. The van der Waals surface area contributed by atoms with Crippen molar-refractivity contribution < 1.29 is 18.4 Å². The van der Waals surface area contributed by atoms with Gasteiger partial charge < -0.3 is 0 Å². The first-order chi connectivity index (χ1) is 11.7. The molecule has 0 bridgehead atoms. The maximum Gasteiger partial charge on any atom is 0.271 e. The molecule has 0 atom stereocenters. The number of rotatable bonds is 6. The number of ketones is 1. The maximum absolute atomic E-state index is 14.0. The van der Waals surface area contributed by atoms with Gasteiger partial charge in [-0.1, -0.05) is 42.5 Å². The van der Waals surface area contributed by atoms with E-state index in [2.05, 4.69) is 0 Å². The molecule has 130 valence electrons. The number of carbonyl (C=O) groups is 2. The second kappa shape index (κ2) is 7.51. The van der Waals surface area contributed by atoms with Gasteiger partial charge in [0.2, 0.25) is 0 Å². The third-order valence-electron chi connectivity index (χ3n) is 3.94. The van der Waals surface area contributed by atoms with Crippen LogP contribution in [0.1, 0.15) is 46.5 Å². The van der Waals surface area contributed by atoms with Crippen molar-refractivity contribution in [3.05, 3.63) is 76.4 Å². The highest BCUT2D eigenvalue weighted by Gasteiger charge is 2.30. The van der Waals surface area contributed by atoms with Gasteiger partial charge in [-0.25, -0.2) is 8.78 Å². The first-order valence-electron chi connectivity index (χ1n) is 7.95. The van der Waals surface area contributed by atoms with E-state index in [0.29, 0.717) is 23.1 Å². The van der Waals surface area contributed by atoms with E-state index in [1.165, 1.54) is 6.92 Å². The maximum atomic E-state index is 14.0. The Morgan fingerprint density at radius 1 is 1.08 bits per heavy atom. The third kappa shape index (κ3) is 4.92. The number of hydrogen-bond donors (Lipinski definition) is 0. The van der Waals surface area contributed by atoms with Crippen LogP contribution in [0.15, 0.2) is 48.5 Å². The molecule has 2 aromatic carbocycles. The highest BCUT2D eigenvalue weighted by molar-refractivity contribution is 5.96. The number of aldehydes is 1. The molecule has 0 heterocycles. The first kappa shape index (κ1) is 18.7. The highest BCUT2D eigenvalue weighted by atomic mass is 19.3. The average molecular weight is 342 g/mol. The second-order valence-electron chi connectivity index (χ2n) is 6.24. The summed E-state index contributed by atoms with van der Waals surface area (Å²) in [5, 5.41) is 0. The van der Waals surface area contributed by atoms with E-state index in [1.807, 2.05) is 18.2 Å². The van der Waals surface area contributed by atoms with E-state index >= 15 is 0 Å². The van der Waals surface area contributed by atoms with Gasteiger partial charge in [-0.3, -0.25) is 9.59 Å². The molecule has 0 aliphatic rings. The Morgan fingerprint density at radius 3 is 2.20 bits per heavy atom. The van der Waals surface area contributed by atoms with Crippen molar-refractivity contribution in [3.8, 4) is 0 Å². The van der Waals surface area contributed by atoms with Crippen LogP contribution in [0.5, 0.6) is 0 Å². The largest absolute Gasteiger partial charge is 0.298 e. The molecular weight excluding hydrogens is 322 g/mol. The highest BCUT2D eigenvalue weighted by Crippen LogP contribution is 2.34. The summed E-state index contributed by atoms with van der Waals surface area (Å²) in [5.74, 6) is -3.52. The lowest BCUT2D eigenvalue weighted by Gasteiger charge is -2.18. The molecule has 2 nitrogen and oxygen atoms in total. The monoisotopic (exact) mass is 342 g/mol. The molecule has 0 aromatic heterocycles. The van der Waals surface area contributed by atoms with Crippen LogP contribution < -0.4 is 0 Å². The SMILES string of the molecule is CC(=O)/C=C(\c1cc(Cc2ccc(C=O)cc2)ccc1C)C(C)(F)F. The van der Waals surface area contributed by atoms with Crippen molar-refractivity contribution in [2.24, 2.45) is 0 Å². The summed E-state index contributed by atoms with van der Waals surface area (Å²) in [7, 11) is 0. The van der Waals surface area contributed by atoms with Crippen molar-refractivity contribution in [1.82, 2.24) is 0 Å². The summed E-state index contributed by atoms with van der Waals surface area (Å²) >= 11 is 0. The fourth-order valence-corrected chi connectivity index (χ4v) is 2.66. The van der Waals surface area contributed by atoms with Crippen LogP contribution in [-0.2, 0) is 11.2 Å². The van der Waals surface area contributed by atoms with Crippen LogP contribution in [-0.4, -0.2) is 18.0 Å². The molecule has 0 aliphatic heterocycles. The molecule has 0 unspecified atom stereocenters. The van der Waals surface area contributed by atoms with E-state index in [4.69, 9.17) is 0 Å². The van der Waals surface area contributed by atoms with Gasteiger partial charge in [-0.2, -0.15) is 0 Å². The summed E-state index contributed by atoms with van der Waals surface area (Å²) in [5.41, 5.74) is 3.22. The zero-order valence-electron chi connectivity index (χ0n) is 14.5. The van der Waals surface area contributed by atoms with Gasteiger partial charge >= 0.3 is 0 Å². The molecule has 0 fully saturated rings. The lowest BCUT2D eigenvalue weighted by atomic mass is 9.92. The number of hydrogen-bond acceptors (Lipinski definition) is 2. The van der Waals surface area contributed by atoms with Crippen molar-refractivity contribution in [3.63, 3.8) is 0 Å². The molecule has 0 amide bonds. The Labute approximate surface area is 146 Å². The van der Waals surface area contributed by atoms with Crippen molar-refractivity contribution in [1.29, 1.82) is 0 Å². The first-order valence-corrected chi connectivity index (χ1v) is 7.95. The van der Waals surface area contributed by atoms with Gasteiger partial charge in [0.15, 0.2) is 5.78 Å². The topological polar surface area (TPSA) is 34.1 Å². The predicted octanol–water partition coefficient (Wildman–Crippen LogP) is 5.03. The lowest BCUT2D eigenvalue weighted by Crippen LogP contribution is -2.15. The zero-order valence-corrected chi connectivity index (χ0v) is 14.5. The molecular formula is C21H20F2O2. The quantitative estimate of drug-likeness (QED) is 0.545. The van der Waals surface area contributed by atoms with Gasteiger partial charge in [0.05, 0.1) is 0 Å². The summed E-state index contributed by atoms with van der Waals surface area (Å²) in [6.07, 6.45) is 2.33. The van der Waals surface area contributed by atoms with E-state index in [9.17, 15) is 18.4 Å². The summed E-state index contributed by atoms with van der Waals surface area (Å²) in [6, 6.07) is 12.5.